The number of hydrogen-bond donors (Lipinski definition) is 1. The largest absolute Gasteiger partial charge is 0.323 e. The van der Waals surface area contributed by atoms with E-state index in [9.17, 15) is 18.0 Å². The third-order valence-electron chi connectivity index (χ3n) is 3.67. The number of thioether (sulfide) groups is 1. The molecule has 0 bridgehead atoms. The Morgan fingerprint density at radius 2 is 1.82 bits per heavy atom. The number of halogens is 3. The fourth-order valence-electron chi connectivity index (χ4n) is 2.41. The number of aromatic nitrogens is 3. The van der Waals surface area contributed by atoms with Gasteiger partial charge in [0.25, 0.3) is 0 Å². The van der Waals surface area contributed by atoms with Crippen LogP contribution in [0.1, 0.15) is 0 Å². The quantitative estimate of drug-likeness (QED) is 0.472. The number of rotatable bonds is 7. The molecule has 28 heavy (non-hydrogen) atoms. The number of nitrogens with one attached hydrogen (secondary N) is 1. The van der Waals surface area contributed by atoms with Gasteiger partial charge in [-0.25, -0.2) is 13.2 Å². The Kier molecular flexibility index (Phi) is 6.15. The molecule has 0 spiro atoms. The van der Waals surface area contributed by atoms with E-state index in [2.05, 4.69) is 22.1 Å². The van der Waals surface area contributed by atoms with Crippen molar-refractivity contribution in [2.75, 3.05) is 11.1 Å². The second kappa shape index (κ2) is 8.75. The standard InChI is InChI=1S/C19H15F3N4OS/c1-2-9-26-18(12-3-5-13(20)6-4-12)24-25-19(26)28-11-17(27)23-16-10-14(21)7-8-15(16)22/h2-8,10H,1,9,11H2,(H,23,27). The van der Waals surface area contributed by atoms with Crippen molar-refractivity contribution in [3.63, 3.8) is 0 Å². The molecule has 0 atom stereocenters. The van der Waals surface area contributed by atoms with Gasteiger partial charge in [0.05, 0.1) is 11.4 Å². The van der Waals surface area contributed by atoms with Crippen LogP contribution in [0.4, 0.5) is 18.9 Å². The zero-order valence-corrected chi connectivity index (χ0v) is 15.3. The average molecular weight is 404 g/mol. The molecule has 0 saturated carbocycles. The summed E-state index contributed by atoms with van der Waals surface area (Å²) in [7, 11) is 0. The Labute approximate surface area is 163 Å². The second-order valence-corrected chi connectivity index (χ2v) is 6.62. The highest BCUT2D eigenvalue weighted by Gasteiger charge is 2.16. The minimum atomic E-state index is -0.729. The van der Waals surface area contributed by atoms with Gasteiger partial charge in [-0.2, -0.15) is 0 Å². The first-order valence-corrected chi connectivity index (χ1v) is 9.14. The Morgan fingerprint density at radius 1 is 1.11 bits per heavy atom. The summed E-state index contributed by atoms with van der Waals surface area (Å²) < 4.78 is 41.7. The fourth-order valence-corrected chi connectivity index (χ4v) is 3.16. The van der Waals surface area contributed by atoms with Crippen LogP contribution in [0.25, 0.3) is 11.4 Å². The van der Waals surface area contributed by atoms with Gasteiger partial charge < -0.3 is 5.32 Å². The van der Waals surface area contributed by atoms with Gasteiger partial charge >= 0.3 is 0 Å². The molecule has 0 aliphatic rings. The van der Waals surface area contributed by atoms with E-state index in [0.717, 1.165) is 30.0 Å². The van der Waals surface area contributed by atoms with Crippen LogP contribution in [-0.4, -0.2) is 26.4 Å². The van der Waals surface area contributed by atoms with Crippen molar-refractivity contribution in [2.45, 2.75) is 11.7 Å². The van der Waals surface area contributed by atoms with Gasteiger partial charge in [-0.05, 0) is 36.4 Å². The summed E-state index contributed by atoms with van der Waals surface area (Å²) >= 11 is 1.08. The third kappa shape index (κ3) is 4.61. The summed E-state index contributed by atoms with van der Waals surface area (Å²) in [6.07, 6.45) is 1.64. The maximum absolute atomic E-state index is 13.6. The molecule has 0 aliphatic carbocycles. The van der Waals surface area contributed by atoms with Crippen molar-refractivity contribution in [3.05, 3.63) is 72.6 Å². The maximum Gasteiger partial charge on any atom is 0.234 e. The second-order valence-electron chi connectivity index (χ2n) is 5.67. The van der Waals surface area contributed by atoms with Gasteiger partial charge in [-0.3, -0.25) is 9.36 Å². The number of carbonyl (C=O) groups excluding carboxylic acids is 1. The van der Waals surface area contributed by atoms with Crippen LogP contribution >= 0.6 is 11.8 Å². The summed E-state index contributed by atoms with van der Waals surface area (Å²) in [5.41, 5.74) is 0.430. The topological polar surface area (TPSA) is 59.8 Å². The first-order valence-electron chi connectivity index (χ1n) is 8.15. The molecular weight excluding hydrogens is 389 g/mol. The number of nitrogens with zero attached hydrogens (tertiary/aromatic N) is 3. The lowest BCUT2D eigenvalue weighted by Gasteiger charge is -2.09. The number of anilines is 1. The van der Waals surface area contributed by atoms with E-state index < -0.39 is 17.5 Å². The molecule has 1 heterocycles. The third-order valence-corrected chi connectivity index (χ3v) is 4.63. The molecule has 9 heteroatoms. The summed E-state index contributed by atoms with van der Waals surface area (Å²) in [5, 5.41) is 10.9. The molecule has 0 fully saturated rings. The van der Waals surface area contributed by atoms with E-state index in [0.29, 0.717) is 23.1 Å². The molecule has 5 nitrogen and oxygen atoms in total. The molecule has 0 unspecified atom stereocenters. The van der Waals surface area contributed by atoms with Crippen LogP contribution in [-0.2, 0) is 11.3 Å². The molecule has 3 aromatic rings. The van der Waals surface area contributed by atoms with Gasteiger partial charge in [-0.1, -0.05) is 17.8 Å². The monoisotopic (exact) mass is 404 g/mol. The lowest BCUT2D eigenvalue weighted by Crippen LogP contribution is -2.15. The summed E-state index contributed by atoms with van der Waals surface area (Å²) in [4.78, 5) is 12.1. The van der Waals surface area contributed by atoms with Gasteiger partial charge in [0, 0.05) is 18.2 Å². The van der Waals surface area contributed by atoms with Gasteiger partial charge in [-0.15, -0.1) is 16.8 Å². The molecule has 1 aromatic heterocycles. The first-order chi connectivity index (χ1) is 13.5. The number of allylic oxidation sites excluding steroid dienone is 1. The fraction of sp³-hybridized carbons (Fsp3) is 0.105. The molecule has 0 radical (unpaired) electrons. The minimum absolute atomic E-state index is 0.0886. The molecule has 0 aliphatic heterocycles. The zero-order valence-electron chi connectivity index (χ0n) is 14.5. The van der Waals surface area contributed by atoms with Crippen molar-refractivity contribution in [1.82, 2.24) is 14.8 Å². The first kappa shape index (κ1) is 19.7. The van der Waals surface area contributed by atoms with Crippen molar-refractivity contribution in [1.29, 1.82) is 0 Å². The van der Waals surface area contributed by atoms with Crippen LogP contribution < -0.4 is 5.32 Å². The van der Waals surface area contributed by atoms with E-state index in [-0.39, 0.29) is 17.3 Å². The van der Waals surface area contributed by atoms with Crippen molar-refractivity contribution >= 4 is 23.4 Å². The molecule has 0 saturated heterocycles. The highest BCUT2D eigenvalue weighted by molar-refractivity contribution is 7.99. The lowest BCUT2D eigenvalue weighted by molar-refractivity contribution is -0.113. The highest BCUT2D eigenvalue weighted by Crippen LogP contribution is 2.25. The molecule has 2 aromatic carbocycles. The van der Waals surface area contributed by atoms with E-state index >= 15 is 0 Å². The Hall–Kier alpha value is -3.07. The van der Waals surface area contributed by atoms with Crippen LogP contribution in [0.5, 0.6) is 0 Å². The average Bonchev–Trinajstić information content (AvgIpc) is 3.07. The van der Waals surface area contributed by atoms with Crippen LogP contribution in [0.2, 0.25) is 0 Å². The number of carbonyl (C=O) groups is 1. The smallest absolute Gasteiger partial charge is 0.234 e. The predicted octanol–water partition coefficient (Wildman–Crippen LogP) is 4.28. The molecule has 1 N–H and O–H groups in total. The highest BCUT2D eigenvalue weighted by atomic mass is 32.2. The van der Waals surface area contributed by atoms with Gasteiger partial charge in [0.1, 0.15) is 17.5 Å². The van der Waals surface area contributed by atoms with Crippen LogP contribution in [0.15, 0.2) is 60.3 Å². The number of benzene rings is 2. The van der Waals surface area contributed by atoms with E-state index in [1.165, 1.54) is 12.1 Å². The zero-order chi connectivity index (χ0) is 20.1. The molecule has 144 valence electrons. The molecular formula is C19H15F3N4OS. The Morgan fingerprint density at radius 3 is 2.54 bits per heavy atom. The predicted molar refractivity (Wildman–Crippen MR) is 101 cm³/mol. The van der Waals surface area contributed by atoms with Crippen LogP contribution in [0, 0.1) is 17.5 Å². The van der Waals surface area contributed by atoms with Crippen LogP contribution in [0.3, 0.4) is 0 Å². The molecule has 3 rings (SSSR count). The summed E-state index contributed by atoms with van der Waals surface area (Å²) in [5.74, 6) is -1.86. The van der Waals surface area contributed by atoms with Gasteiger partial charge in [0.15, 0.2) is 11.0 Å². The van der Waals surface area contributed by atoms with Crippen molar-refractivity contribution < 1.29 is 18.0 Å². The molecule has 1 amide bonds. The minimum Gasteiger partial charge on any atom is -0.323 e. The summed E-state index contributed by atoms with van der Waals surface area (Å²) in [6, 6.07) is 8.60. The summed E-state index contributed by atoms with van der Waals surface area (Å²) in [6.45, 7) is 4.07. The maximum atomic E-state index is 13.6. The Balaban J connectivity index is 1.73. The Bertz CT molecular complexity index is 1000. The van der Waals surface area contributed by atoms with E-state index in [1.807, 2.05) is 0 Å². The van der Waals surface area contributed by atoms with E-state index in [4.69, 9.17) is 0 Å². The lowest BCUT2D eigenvalue weighted by atomic mass is 10.2. The van der Waals surface area contributed by atoms with Crippen molar-refractivity contribution in [2.24, 2.45) is 0 Å². The number of amides is 1. The van der Waals surface area contributed by atoms with Crippen molar-refractivity contribution in [3.8, 4) is 11.4 Å². The number of hydrogen-bond acceptors (Lipinski definition) is 4. The van der Waals surface area contributed by atoms with E-state index in [1.54, 1.807) is 22.8 Å². The SMILES string of the molecule is C=CCn1c(SCC(=O)Nc2cc(F)ccc2F)nnc1-c1ccc(F)cc1. The normalized spacial score (nSPS) is 10.7. The van der Waals surface area contributed by atoms with Gasteiger partial charge in [0.2, 0.25) is 5.91 Å².